The third-order valence-corrected chi connectivity index (χ3v) is 4.08. The molecule has 0 spiro atoms. The van der Waals surface area contributed by atoms with E-state index in [1.54, 1.807) is 12.1 Å². The fourth-order valence-electron chi connectivity index (χ4n) is 3.11. The molecular formula is C17H20FN3O. The number of aromatic amines is 1. The van der Waals surface area contributed by atoms with E-state index < -0.39 is 0 Å². The Hall–Kier alpha value is -2.01. The van der Waals surface area contributed by atoms with Gasteiger partial charge >= 0.3 is 0 Å². The maximum absolute atomic E-state index is 13.3. The first-order chi connectivity index (χ1) is 10.6. The molecule has 1 aliphatic heterocycles. The SMILES string of the molecule is Cc1cc(=O)[nH]c([C@@H]2CCCN(Cc3cccc(F)c3)C2)n1. The minimum absolute atomic E-state index is 0.0928. The highest BCUT2D eigenvalue weighted by molar-refractivity contribution is 5.16. The van der Waals surface area contributed by atoms with Crippen molar-refractivity contribution >= 4 is 0 Å². The number of piperidine rings is 1. The van der Waals surface area contributed by atoms with E-state index in [9.17, 15) is 9.18 Å². The lowest BCUT2D eigenvalue weighted by atomic mass is 9.96. The van der Waals surface area contributed by atoms with Crippen LogP contribution in [0.3, 0.4) is 0 Å². The lowest BCUT2D eigenvalue weighted by molar-refractivity contribution is 0.196. The summed E-state index contributed by atoms with van der Waals surface area (Å²) in [4.78, 5) is 21.2. The Balaban J connectivity index is 1.72. The van der Waals surface area contributed by atoms with Crippen molar-refractivity contribution in [1.82, 2.24) is 14.9 Å². The van der Waals surface area contributed by atoms with E-state index in [4.69, 9.17) is 0 Å². The van der Waals surface area contributed by atoms with Crippen molar-refractivity contribution in [2.45, 2.75) is 32.2 Å². The van der Waals surface area contributed by atoms with Gasteiger partial charge in [0, 0.05) is 30.8 Å². The Morgan fingerprint density at radius 2 is 2.27 bits per heavy atom. The van der Waals surface area contributed by atoms with E-state index in [0.29, 0.717) is 0 Å². The average molecular weight is 301 g/mol. The average Bonchev–Trinajstić information content (AvgIpc) is 2.46. The number of H-pyrrole nitrogens is 1. The summed E-state index contributed by atoms with van der Waals surface area (Å²) in [6, 6.07) is 8.24. The molecule has 1 aromatic carbocycles. The molecule has 4 nitrogen and oxygen atoms in total. The zero-order chi connectivity index (χ0) is 15.5. The molecule has 0 unspecified atom stereocenters. The number of aromatic nitrogens is 2. The highest BCUT2D eigenvalue weighted by atomic mass is 19.1. The van der Waals surface area contributed by atoms with E-state index in [-0.39, 0.29) is 17.3 Å². The van der Waals surface area contributed by atoms with Crippen molar-refractivity contribution in [3.8, 4) is 0 Å². The van der Waals surface area contributed by atoms with Crippen molar-refractivity contribution in [2.75, 3.05) is 13.1 Å². The number of hydrogen-bond acceptors (Lipinski definition) is 3. The van der Waals surface area contributed by atoms with Crippen LogP contribution in [-0.2, 0) is 6.54 Å². The van der Waals surface area contributed by atoms with Gasteiger partial charge in [0.2, 0.25) is 0 Å². The zero-order valence-electron chi connectivity index (χ0n) is 12.7. The van der Waals surface area contributed by atoms with Crippen LogP contribution in [0.5, 0.6) is 0 Å². The summed E-state index contributed by atoms with van der Waals surface area (Å²) in [6.45, 7) is 4.39. The molecule has 2 heterocycles. The zero-order valence-corrected chi connectivity index (χ0v) is 12.7. The van der Waals surface area contributed by atoms with E-state index in [0.717, 1.165) is 49.6 Å². The Bertz CT molecular complexity index is 713. The number of rotatable bonds is 3. The Morgan fingerprint density at radius 1 is 1.41 bits per heavy atom. The van der Waals surface area contributed by atoms with Gasteiger partial charge in [-0.1, -0.05) is 12.1 Å². The minimum atomic E-state index is -0.198. The topological polar surface area (TPSA) is 49.0 Å². The van der Waals surface area contributed by atoms with Crippen molar-refractivity contribution in [1.29, 1.82) is 0 Å². The van der Waals surface area contributed by atoms with Crippen molar-refractivity contribution in [3.05, 3.63) is 63.6 Å². The number of benzene rings is 1. The number of halogens is 1. The molecule has 1 saturated heterocycles. The summed E-state index contributed by atoms with van der Waals surface area (Å²) in [5, 5.41) is 0. The predicted octanol–water partition coefficient (Wildman–Crippen LogP) is 2.60. The fourth-order valence-corrected chi connectivity index (χ4v) is 3.11. The number of hydrogen-bond donors (Lipinski definition) is 1. The van der Waals surface area contributed by atoms with Gasteiger partial charge in [-0.25, -0.2) is 9.37 Å². The molecular weight excluding hydrogens is 281 g/mol. The smallest absolute Gasteiger partial charge is 0.251 e. The van der Waals surface area contributed by atoms with Crippen LogP contribution in [0, 0.1) is 12.7 Å². The summed E-state index contributed by atoms with van der Waals surface area (Å²) < 4.78 is 13.3. The molecule has 0 saturated carbocycles. The molecule has 2 aromatic rings. The van der Waals surface area contributed by atoms with Gasteiger partial charge < -0.3 is 4.98 Å². The van der Waals surface area contributed by atoms with Crippen molar-refractivity contribution in [2.24, 2.45) is 0 Å². The summed E-state index contributed by atoms with van der Waals surface area (Å²) in [5.41, 5.74) is 1.64. The molecule has 0 radical (unpaired) electrons. The molecule has 3 rings (SSSR count). The highest BCUT2D eigenvalue weighted by Crippen LogP contribution is 2.25. The maximum Gasteiger partial charge on any atom is 0.251 e. The normalized spacial score (nSPS) is 19.3. The van der Waals surface area contributed by atoms with Gasteiger partial charge in [-0.15, -0.1) is 0 Å². The van der Waals surface area contributed by atoms with E-state index in [1.165, 1.54) is 12.1 Å². The third kappa shape index (κ3) is 3.60. The Kier molecular flexibility index (Phi) is 4.34. The monoisotopic (exact) mass is 301 g/mol. The van der Waals surface area contributed by atoms with Gasteiger partial charge in [-0.3, -0.25) is 9.69 Å². The molecule has 5 heteroatoms. The molecule has 1 aliphatic rings. The van der Waals surface area contributed by atoms with Crippen LogP contribution in [0.25, 0.3) is 0 Å². The third-order valence-electron chi connectivity index (χ3n) is 4.08. The Labute approximate surface area is 129 Å². The lowest BCUT2D eigenvalue weighted by Crippen LogP contribution is -2.35. The maximum atomic E-state index is 13.3. The summed E-state index contributed by atoms with van der Waals surface area (Å²) in [7, 11) is 0. The van der Waals surface area contributed by atoms with Gasteiger partial charge in [-0.2, -0.15) is 0 Å². The van der Waals surface area contributed by atoms with Crippen LogP contribution in [0.4, 0.5) is 4.39 Å². The standard InChI is InChI=1S/C17H20FN3O/c1-12-8-16(22)20-17(19-12)14-5-3-7-21(11-14)10-13-4-2-6-15(18)9-13/h2,4,6,8-9,14H,3,5,7,10-11H2,1H3,(H,19,20,22)/t14-/m1/s1. The quantitative estimate of drug-likeness (QED) is 0.948. The number of nitrogens with zero attached hydrogens (tertiary/aromatic N) is 2. The number of nitrogens with one attached hydrogen (secondary N) is 1. The summed E-state index contributed by atoms with van der Waals surface area (Å²) >= 11 is 0. The molecule has 22 heavy (non-hydrogen) atoms. The number of aryl methyl sites for hydroxylation is 1. The van der Waals surface area contributed by atoms with E-state index >= 15 is 0 Å². The van der Waals surface area contributed by atoms with Crippen LogP contribution in [0.1, 0.15) is 35.8 Å². The first-order valence-corrected chi connectivity index (χ1v) is 7.65. The van der Waals surface area contributed by atoms with Crippen LogP contribution in [-0.4, -0.2) is 28.0 Å². The van der Waals surface area contributed by atoms with Crippen LogP contribution >= 0.6 is 0 Å². The summed E-state index contributed by atoms with van der Waals surface area (Å²) in [5.74, 6) is 0.805. The van der Waals surface area contributed by atoms with Crippen molar-refractivity contribution < 1.29 is 4.39 Å². The van der Waals surface area contributed by atoms with E-state index in [1.807, 2.05) is 13.0 Å². The predicted molar refractivity (Wildman–Crippen MR) is 83.2 cm³/mol. The molecule has 0 aliphatic carbocycles. The summed E-state index contributed by atoms with van der Waals surface area (Å²) in [6.07, 6.45) is 2.07. The second-order valence-corrected chi connectivity index (χ2v) is 5.98. The molecule has 0 bridgehead atoms. The van der Waals surface area contributed by atoms with Gasteiger partial charge in [-0.05, 0) is 44.0 Å². The first-order valence-electron chi connectivity index (χ1n) is 7.65. The van der Waals surface area contributed by atoms with Gasteiger partial charge in [0.1, 0.15) is 11.6 Å². The number of likely N-dealkylation sites (tertiary alicyclic amines) is 1. The second kappa shape index (κ2) is 6.40. The molecule has 1 fully saturated rings. The molecule has 116 valence electrons. The second-order valence-electron chi connectivity index (χ2n) is 5.98. The molecule has 1 atom stereocenters. The van der Waals surface area contributed by atoms with Gasteiger partial charge in [0.25, 0.3) is 5.56 Å². The molecule has 1 aromatic heterocycles. The van der Waals surface area contributed by atoms with Crippen LogP contribution < -0.4 is 5.56 Å². The van der Waals surface area contributed by atoms with Crippen LogP contribution in [0.2, 0.25) is 0 Å². The molecule has 1 N–H and O–H groups in total. The largest absolute Gasteiger partial charge is 0.310 e. The minimum Gasteiger partial charge on any atom is -0.310 e. The van der Waals surface area contributed by atoms with Crippen molar-refractivity contribution in [3.63, 3.8) is 0 Å². The highest BCUT2D eigenvalue weighted by Gasteiger charge is 2.23. The van der Waals surface area contributed by atoms with Crippen LogP contribution in [0.15, 0.2) is 35.1 Å². The van der Waals surface area contributed by atoms with E-state index in [2.05, 4.69) is 14.9 Å². The fraction of sp³-hybridized carbons (Fsp3) is 0.412. The van der Waals surface area contributed by atoms with Gasteiger partial charge in [0.15, 0.2) is 0 Å². The Morgan fingerprint density at radius 3 is 3.05 bits per heavy atom. The molecule has 0 amide bonds. The first kappa shape index (κ1) is 14.9. The van der Waals surface area contributed by atoms with Gasteiger partial charge in [0.05, 0.1) is 0 Å². The lowest BCUT2D eigenvalue weighted by Gasteiger charge is -2.32.